The maximum absolute atomic E-state index is 12.6. The minimum absolute atomic E-state index is 0.00441. The van der Waals surface area contributed by atoms with Crippen LogP contribution in [0.3, 0.4) is 0 Å². The first-order valence-corrected chi connectivity index (χ1v) is 9.90. The molecule has 8 nitrogen and oxygen atoms in total. The second-order valence-electron chi connectivity index (χ2n) is 6.61. The van der Waals surface area contributed by atoms with Gasteiger partial charge in [-0.2, -0.15) is 0 Å². The van der Waals surface area contributed by atoms with Gasteiger partial charge in [-0.3, -0.25) is 4.79 Å². The number of rotatable bonds is 5. The van der Waals surface area contributed by atoms with Gasteiger partial charge >= 0.3 is 0 Å². The smallest absolute Gasteiger partial charge is 0.257 e. The SMILES string of the molecule is CC(C)c1noc2ncc(C(=O)N[C@@H](C)c3cccc(S(N)(=O)=O)c3)cc12. The first-order chi connectivity index (χ1) is 12.7. The van der Waals surface area contributed by atoms with Gasteiger partial charge in [0.1, 0.15) is 0 Å². The van der Waals surface area contributed by atoms with Gasteiger partial charge in [0, 0.05) is 6.20 Å². The lowest BCUT2D eigenvalue weighted by atomic mass is 10.1. The minimum atomic E-state index is -3.81. The Balaban J connectivity index is 1.85. The van der Waals surface area contributed by atoms with E-state index in [1.807, 2.05) is 13.8 Å². The van der Waals surface area contributed by atoms with Crippen molar-refractivity contribution in [1.82, 2.24) is 15.5 Å². The predicted molar refractivity (Wildman–Crippen MR) is 99.6 cm³/mol. The fraction of sp³-hybridized carbons (Fsp3) is 0.278. The third kappa shape index (κ3) is 3.99. The first-order valence-electron chi connectivity index (χ1n) is 8.35. The number of primary sulfonamides is 1. The minimum Gasteiger partial charge on any atom is -0.345 e. The Morgan fingerprint density at radius 2 is 1.96 bits per heavy atom. The normalized spacial score (nSPS) is 13.1. The van der Waals surface area contributed by atoms with Crippen LogP contribution >= 0.6 is 0 Å². The molecule has 0 fully saturated rings. The molecular formula is C18H20N4O4S. The number of benzene rings is 1. The Kier molecular flexibility index (Phi) is 4.99. The Morgan fingerprint density at radius 1 is 1.22 bits per heavy atom. The number of pyridine rings is 1. The van der Waals surface area contributed by atoms with Gasteiger partial charge in [0.25, 0.3) is 11.6 Å². The zero-order chi connectivity index (χ0) is 19.8. The molecule has 0 unspecified atom stereocenters. The van der Waals surface area contributed by atoms with E-state index < -0.39 is 16.1 Å². The van der Waals surface area contributed by atoms with E-state index in [-0.39, 0.29) is 16.7 Å². The van der Waals surface area contributed by atoms with Crippen molar-refractivity contribution in [3.8, 4) is 0 Å². The van der Waals surface area contributed by atoms with Crippen LogP contribution in [-0.4, -0.2) is 24.5 Å². The standard InChI is InChI=1S/C18H20N4O4S/c1-10(2)16-15-8-13(9-20-18(15)26-22-16)17(23)21-11(3)12-5-4-6-14(7-12)27(19,24)25/h4-11H,1-3H3,(H,21,23)(H2,19,24,25)/t11-/m0/s1. The predicted octanol–water partition coefficient (Wildman–Crippen LogP) is 2.48. The van der Waals surface area contributed by atoms with E-state index in [4.69, 9.17) is 9.66 Å². The summed E-state index contributed by atoms with van der Waals surface area (Å²) in [5.74, 6) is -0.208. The molecule has 0 saturated carbocycles. The van der Waals surface area contributed by atoms with E-state index in [0.717, 1.165) is 5.69 Å². The summed E-state index contributed by atoms with van der Waals surface area (Å²) in [6, 6.07) is 7.41. The molecule has 1 amide bonds. The van der Waals surface area contributed by atoms with Crippen LogP contribution in [0.5, 0.6) is 0 Å². The van der Waals surface area contributed by atoms with Gasteiger partial charge in [0.05, 0.1) is 27.6 Å². The molecule has 0 aliphatic carbocycles. The summed E-state index contributed by atoms with van der Waals surface area (Å²) in [5, 5.41) is 12.7. The molecule has 3 aromatic rings. The Labute approximate surface area is 156 Å². The lowest BCUT2D eigenvalue weighted by Gasteiger charge is -2.15. The molecule has 2 heterocycles. The summed E-state index contributed by atoms with van der Waals surface area (Å²) in [6.45, 7) is 5.71. The van der Waals surface area contributed by atoms with Crippen molar-refractivity contribution >= 4 is 27.0 Å². The van der Waals surface area contributed by atoms with E-state index in [1.165, 1.54) is 18.3 Å². The van der Waals surface area contributed by atoms with E-state index in [2.05, 4.69) is 15.5 Å². The summed E-state index contributed by atoms with van der Waals surface area (Å²) >= 11 is 0. The van der Waals surface area contributed by atoms with Gasteiger partial charge in [-0.05, 0) is 36.6 Å². The molecule has 1 atom stereocenters. The number of carbonyl (C=O) groups excluding carboxylic acids is 1. The van der Waals surface area contributed by atoms with Crippen LogP contribution in [-0.2, 0) is 10.0 Å². The van der Waals surface area contributed by atoms with Crippen LogP contribution in [0.1, 0.15) is 54.3 Å². The lowest BCUT2D eigenvalue weighted by Crippen LogP contribution is -2.27. The molecule has 0 bridgehead atoms. The second-order valence-corrected chi connectivity index (χ2v) is 8.17. The summed E-state index contributed by atoms with van der Waals surface area (Å²) < 4.78 is 28.2. The highest BCUT2D eigenvalue weighted by atomic mass is 32.2. The van der Waals surface area contributed by atoms with Crippen LogP contribution in [0.15, 0.2) is 45.9 Å². The molecule has 0 radical (unpaired) electrons. The van der Waals surface area contributed by atoms with Gasteiger partial charge in [0.15, 0.2) is 0 Å². The molecule has 0 spiro atoms. The fourth-order valence-corrected chi connectivity index (χ4v) is 3.28. The molecule has 0 aliphatic rings. The van der Waals surface area contributed by atoms with Gasteiger partial charge in [-0.25, -0.2) is 18.5 Å². The average molecular weight is 388 g/mol. The van der Waals surface area contributed by atoms with Crippen molar-refractivity contribution in [2.24, 2.45) is 5.14 Å². The van der Waals surface area contributed by atoms with Gasteiger partial charge < -0.3 is 9.84 Å². The molecular weight excluding hydrogens is 368 g/mol. The number of nitrogens with one attached hydrogen (secondary N) is 1. The third-order valence-corrected chi connectivity index (χ3v) is 5.11. The molecule has 1 aromatic carbocycles. The monoisotopic (exact) mass is 388 g/mol. The molecule has 3 rings (SSSR count). The number of fused-ring (bicyclic) bond motifs is 1. The number of hydrogen-bond acceptors (Lipinski definition) is 6. The van der Waals surface area contributed by atoms with E-state index in [0.29, 0.717) is 22.2 Å². The first kappa shape index (κ1) is 19.0. The topological polar surface area (TPSA) is 128 Å². The number of sulfonamides is 1. The molecule has 0 saturated heterocycles. The van der Waals surface area contributed by atoms with Crippen molar-refractivity contribution in [2.75, 3.05) is 0 Å². The molecule has 0 aliphatic heterocycles. The summed E-state index contributed by atoms with van der Waals surface area (Å²) in [6.07, 6.45) is 1.42. The largest absolute Gasteiger partial charge is 0.345 e. The van der Waals surface area contributed by atoms with Gasteiger partial charge in [0.2, 0.25) is 10.0 Å². The number of hydrogen-bond donors (Lipinski definition) is 2. The number of nitrogens with two attached hydrogens (primary N) is 1. The van der Waals surface area contributed by atoms with Crippen LogP contribution in [0, 0.1) is 0 Å². The molecule has 9 heteroatoms. The zero-order valence-electron chi connectivity index (χ0n) is 15.1. The van der Waals surface area contributed by atoms with Crippen molar-refractivity contribution in [3.05, 3.63) is 53.3 Å². The van der Waals surface area contributed by atoms with Crippen LogP contribution in [0.25, 0.3) is 11.1 Å². The Bertz CT molecular complexity index is 1110. The second kappa shape index (κ2) is 7.09. The van der Waals surface area contributed by atoms with E-state index in [1.54, 1.807) is 25.1 Å². The average Bonchev–Trinajstić information content (AvgIpc) is 3.04. The van der Waals surface area contributed by atoms with Gasteiger partial charge in [-0.15, -0.1) is 0 Å². The Morgan fingerprint density at radius 3 is 2.63 bits per heavy atom. The van der Waals surface area contributed by atoms with E-state index in [9.17, 15) is 13.2 Å². The molecule has 3 N–H and O–H groups in total. The zero-order valence-corrected chi connectivity index (χ0v) is 15.9. The number of amides is 1. The van der Waals surface area contributed by atoms with Crippen molar-refractivity contribution in [3.63, 3.8) is 0 Å². The number of aromatic nitrogens is 2. The molecule has 142 valence electrons. The fourth-order valence-electron chi connectivity index (χ4n) is 2.71. The highest BCUT2D eigenvalue weighted by Gasteiger charge is 2.18. The molecule has 2 aromatic heterocycles. The quantitative estimate of drug-likeness (QED) is 0.691. The van der Waals surface area contributed by atoms with Crippen molar-refractivity contribution in [1.29, 1.82) is 0 Å². The van der Waals surface area contributed by atoms with Crippen LogP contribution in [0.4, 0.5) is 0 Å². The maximum Gasteiger partial charge on any atom is 0.257 e. The highest BCUT2D eigenvalue weighted by molar-refractivity contribution is 7.89. The summed E-state index contributed by atoms with van der Waals surface area (Å²) in [7, 11) is -3.81. The highest BCUT2D eigenvalue weighted by Crippen LogP contribution is 2.24. The van der Waals surface area contributed by atoms with Gasteiger partial charge in [-0.1, -0.05) is 31.1 Å². The lowest BCUT2D eigenvalue weighted by molar-refractivity contribution is 0.0939. The van der Waals surface area contributed by atoms with Crippen molar-refractivity contribution in [2.45, 2.75) is 37.6 Å². The van der Waals surface area contributed by atoms with Crippen molar-refractivity contribution < 1.29 is 17.7 Å². The number of carbonyl (C=O) groups is 1. The third-order valence-electron chi connectivity index (χ3n) is 4.20. The Hall–Kier alpha value is -2.78. The van der Waals surface area contributed by atoms with Crippen LogP contribution in [0.2, 0.25) is 0 Å². The molecule has 27 heavy (non-hydrogen) atoms. The summed E-state index contributed by atoms with van der Waals surface area (Å²) in [4.78, 5) is 16.8. The maximum atomic E-state index is 12.6. The summed E-state index contributed by atoms with van der Waals surface area (Å²) in [5.41, 5.74) is 2.10. The van der Waals surface area contributed by atoms with E-state index >= 15 is 0 Å². The number of nitrogens with zero attached hydrogens (tertiary/aromatic N) is 2. The van der Waals surface area contributed by atoms with Crippen LogP contribution < -0.4 is 10.5 Å².